The molecule has 0 bridgehead atoms. The number of benzene rings is 2. The van der Waals surface area contributed by atoms with E-state index in [9.17, 15) is 10.2 Å². The Bertz CT molecular complexity index is 710. The predicted octanol–water partition coefficient (Wildman–Crippen LogP) is 3.53. The van der Waals surface area contributed by atoms with Crippen molar-refractivity contribution in [2.45, 2.75) is 13.0 Å². The molecule has 1 aromatic heterocycles. The fraction of sp³-hybridized carbons (Fsp3) is 0.125. The predicted molar refractivity (Wildman–Crippen MR) is 73.1 cm³/mol. The molecule has 0 radical (unpaired) electrons. The molecule has 3 nitrogen and oxygen atoms in total. The highest BCUT2D eigenvalue weighted by Gasteiger charge is 2.16. The number of phenols is 1. The quantitative estimate of drug-likeness (QED) is 0.735. The second-order valence-corrected chi connectivity index (χ2v) is 4.68. The lowest BCUT2D eigenvalue weighted by atomic mass is 10.00. The van der Waals surface area contributed by atoms with Crippen LogP contribution in [-0.4, -0.2) is 10.2 Å². The Labute approximate surface area is 110 Å². The number of hydrogen-bond donors (Lipinski definition) is 2. The van der Waals surface area contributed by atoms with Crippen molar-refractivity contribution in [2.75, 3.05) is 0 Å². The first-order valence-corrected chi connectivity index (χ1v) is 6.10. The molecule has 3 rings (SSSR count). The van der Waals surface area contributed by atoms with E-state index in [0.717, 1.165) is 16.5 Å². The Kier molecular flexibility index (Phi) is 2.76. The monoisotopic (exact) mass is 254 g/mol. The van der Waals surface area contributed by atoms with Crippen molar-refractivity contribution in [3.63, 3.8) is 0 Å². The molecule has 2 aromatic carbocycles. The summed E-state index contributed by atoms with van der Waals surface area (Å²) >= 11 is 0. The molecule has 0 spiro atoms. The minimum absolute atomic E-state index is 0.159. The van der Waals surface area contributed by atoms with E-state index in [2.05, 4.69) is 0 Å². The molecule has 0 fully saturated rings. The lowest BCUT2D eigenvalue weighted by Gasteiger charge is -2.09. The molecule has 0 aliphatic carbocycles. The maximum Gasteiger partial charge on any atom is 0.134 e. The zero-order valence-corrected chi connectivity index (χ0v) is 10.5. The minimum Gasteiger partial charge on any atom is -0.508 e. The van der Waals surface area contributed by atoms with Gasteiger partial charge >= 0.3 is 0 Å². The molecule has 1 heterocycles. The fourth-order valence-electron chi connectivity index (χ4n) is 2.18. The van der Waals surface area contributed by atoms with Crippen LogP contribution < -0.4 is 0 Å². The van der Waals surface area contributed by atoms with Gasteiger partial charge in [0, 0.05) is 10.9 Å². The highest BCUT2D eigenvalue weighted by atomic mass is 16.3. The molecule has 0 amide bonds. The smallest absolute Gasteiger partial charge is 0.134 e. The van der Waals surface area contributed by atoms with Gasteiger partial charge < -0.3 is 14.6 Å². The second kappa shape index (κ2) is 4.44. The normalized spacial score (nSPS) is 12.7. The molecular formula is C16H14O3. The van der Waals surface area contributed by atoms with Crippen LogP contribution in [0.5, 0.6) is 5.75 Å². The summed E-state index contributed by atoms with van der Waals surface area (Å²) in [5.41, 5.74) is 3.26. The van der Waals surface area contributed by atoms with Crippen molar-refractivity contribution in [1.29, 1.82) is 0 Å². The van der Waals surface area contributed by atoms with E-state index in [1.807, 2.05) is 31.2 Å². The molecule has 0 saturated heterocycles. The van der Waals surface area contributed by atoms with Gasteiger partial charge in [-0.1, -0.05) is 29.8 Å². The summed E-state index contributed by atoms with van der Waals surface area (Å²) in [7, 11) is 0. The van der Waals surface area contributed by atoms with Crippen LogP contribution in [0.15, 0.2) is 53.1 Å². The van der Waals surface area contributed by atoms with Crippen LogP contribution in [0.3, 0.4) is 0 Å². The number of aryl methyl sites for hydroxylation is 1. The van der Waals surface area contributed by atoms with Gasteiger partial charge in [-0.25, -0.2) is 0 Å². The lowest BCUT2D eigenvalue weighted by molar-refractivity contribution is 0.220. The number of aliphatic hydroxyl groups is 1. The van der Waals surface area contributed by atoms with E-state index >= 15 is 0 Å². The van der Waals surface area contributed by atoms with E-state index < -0.39 is 6.10 Å². The number of aliphatic hydroxyl groups excluding tert-OH is 1. The topological polar surface area (TPSA) is 53.6 Å². The number of aromatic hydroxyl groups is 1. The highest BCUT2D eigenvalue weighted by molar-refractivity contribution is 5.83. The molecule has 3 aromatic rings. The number of hydrogen-bond acceptors (Lipinski definition) is 3. The van der Waals surface area contributed by atoms with Crippen LogP contribution in [0.1, 0.15) is 22.8 Å². The van der Waals surface area contributed by atoms with Gasteiger partial charge in [0.25, 0.3) is 0 Å². The Morgan fingerprint density at radius 2 is 1.79 bits per heavy atom. The third-order valence-electron chi connectivity index (χ3n) is 3.27. The molecular weight excluding hydrogens is 240 g/mol. The molecule has 0 unspecified atom stereocenters. The Balaban J connectivity index is 2.08. The number of furan rings is 1. The lowest BCUT2D eigenvalue weighted by Crippen LogP contribution is -1.98. The molecule has 0 saturated carbocycles. The number of fused-ring (bicyclic) bond motifs is 1. The van der Waals surface area contributed by atoms with Gasteiger partial charge in [0.05, 0.1) is 6.26 Å². The number of rotatable bonds is 2. The molecule has 2 N–H and O–H groups in total. The third kappa shape index (κ3) is 2.09. The maximum absolute atomic E-state index is 10.4. The van der Waals surface area contributed by atoms with E-state index in [4.69, 9.17) is 4.42 Å². The first-order chi connectivity index (χ1) is 9.15. The van der Waals surface area contributed by atoms with Crippen molar-refractivity contribution in [3.05, 3.63) is 65.4 Å². The van der Waals surface area contributed by atoms with Crippen molar-refractivity contribution in [1.82, 2.24) is 0 Å². The SMILES string of the molecule is Cc1ccc([C@@H](O)c2coc3ccc(O)cc23)cc1. The van der Waals surface area contributed by atoms with Gasteiger partial charge in [0.15, 0.2) is 0 Å². The first-order valence-electron chi connectivity index (χ1n) is 6.10. The third-order valence-corrected chi connectivity index (χ3v) is 3.27. The Hall–Kier alpha value is -2.26. The molecule has 19 heavy (non-hydrogen) atoms. The van der Waals surface area contributed by atoms with E-state index in [0.29, 0.717) is 11.1 Å². The largest absolute Gasteiger partial charge is 0.508 e. The van der Waals surface area contributed by atoms with Gasteiger partial charge in [-0.05, 0) is 30.7 Å². The zero-order valence-electron chi connectivity index (χ0n) is 10.5. The Morgan fingerprint density at radius 1 is 1.05 bits per heavy atom. The summed E-state index contributed by atoms with van der Waals surface area (Å²) in [6.07, 6.45) is 0.776. The fourth-order valence-corrected chi connectivity index (χ4v) is 2.18. The molecule has 96 valence electrons. The zero-order chi connectivity index (χ0) is 13.4. The molecule has 3 heteroatoms. The van der Waals surface area contributed by atoms with Crippen molar-refractivity contribution < 1.29 is 14.6 Å². The van der Waals surface area contributed by atoms with Crippen molar-refractivity contribution in [3.8, 4) is 5.75 Å². The van der Waals surface area contributed by atoms with Crippen LogP contribution in [0.25, 0.3) is 11.0 Å². The average molecular weight is 254 g/mol. The van der Waals surface area contributed by atoms with Crippen molar-refractivity contribution >= 4 is 11.0 Å². The van der Waals surface area contributed by atoms with E-state index in [1.54, 1.807) is 18.2 Å². The van der Waals surface area contributed by atoms with Crippen LogP contribution in [0.4, 0.5) is 0 Å². The summed E-state index contributed by atoms with van der Waals surface area (Å²) in [4.78, 5) is 0. The maximum atomic E-state index is 10.4. The minimum atomic E-state index is -0.761. The Morgan fingerprint density at radius 3 is 2.53 bits per heavy atom. The molecule has 0 aliphatic rings. The summed E-state index contributed by atoms with van der Waals surface area (Å²) in [5, 5.41) is 20.7. The summed E-state index contributed by atoms with van der Waals surface area (Å²) in [6.45, 7) is 2.00. The van der Waals surface area contributed by atoms with Crippen LogP contribution in [0, 0.1) is 6.92 Å². The summed E-state index contributed by atoms with van der Waals surface area (Å²) < 4.78 is 5.40. The van der Waals surface area contributed by atoms with Crippen LogP contribution in [0.2, 0.25) is 0 Å². The van der Waals surface area contributed by atoms with Crippen LogP contribution in [-0.2, 0) is 0 Å². The highest BCUT2D eigenvalue weighted by Crippen LogP contribution is 2.32. The number of phenolic OH excluding ortho intramolecular Hbond substituents is 1. The second-order valence-electron chi connectivity index (χ2n) is 4.68. The van der Waals surface area contributed by atoms with Gasteiger partial charge in [0.1, 0.15) is 17.4 Å². The summed E-state index contributed by atoms with van der Waals surface area (Å²) in [5.74, 6) is 0.159. The van der Waals surface area contributed by atoms with Gasteiger partial charge in [0.2, 0.25) is 0 Å². The first kappa shape index (κ1) is 11.8. The van der Waals surface area contributed by atoms with Gasteiger partial charge in [-0.15, -0.1) is 0 Å². The summed E-state index contributed by atoms with van der Waals surface area (Å²) in [6, 6.07) is 12.6. The van der Waals surface area contributed by atoms with E-state index in [-0.39, 0.29) is 5.75 Å². The molecule has 1 atom stereocenters. The van der Waals surface area contributed by atoms with E-state index in [1.165, 1.54) is 6.26 Å². The molecule has 0 aliphatic heterocycles. The average Bonchev–Trinajstić information content (AvgIpc) is 2.81. The van der Waals surface area contributed by atoms with Gasteiger partial charge in [-0.3, -0.25) is 0 Å². The standard InChI is InChI=1S/C16H14O3/c1-10-2-4-11(5-3-10)16(18)14-9-19-15-7-6-12(17)8-13(14)15/h2-9,16-18H,1H3/t16-/m1/s1. The van der Waals surface area contributed by atoms with Gasteiger partial charge in [-0.2, -0.15) is 0 Å². The van der Waals surface area contributed by atoms with Crippen LogP contribution >= 0.6 is 0 Å². The van der Waals surface area contributed by atoms with Crippen molar-refractivity contribution in [2.24, 2.45) is 0 Å².